The minimum Gasteiger partial charge on any atom is -0.456 e. The van der Waals surface area contributed by atoms with E-state index in [0.29, 0.717) is 0 Å². The van der Waals surface area contributed by atoms with Crippen molar-refractivity contribution in [3.8, 4) is 11.3 Å². The Balaban J connectivity index is 1.35. The number of anilines is 1. The van der Waals surface area contributed by atoms with Gasteiger partial charge in [-0.15, -0.1) is 0 Å². The average molecular weight is 438 g/mol. The number of benzene rings is 3. The third-order valence-corrected chi connectivity index (χ3v) is 5.88. The molecule has 5 nitrogen and oxygen atoms in total. The van der Waals surface area contributed by atoms with Gasteiger partial charge in [-0.05, 0) is 41.5 Å². The van der Waals surface area contributed by atoms with E-state index in [2.05, 4.69) is 33.7 Å². The number of hydrogen-bond acceptors (Lipinski definition) is 4. The van der Waals surface area contributed by atoms with E-state index in [1.54, 1.807) is 12.2 Å². The minimum atomic E-state index is -0.180. The molecule has 1 saturated heterocycles. The van der Waals surface area contributed by atoms with Crippen molar-refractivity contribution in [2.45, 2.75) is 6.54 Å². The molecule has 1 fully saturated rings. The first-order chi connectivity index (χ1) is 16.2. The highest BCUT2D eigenvalue weighted by atomic mass is 16.3. The van der Waals surface area contributed by atoms with Crippen molar-refractivity contribution in [3.63, 3.8) is 0 Å². The highest BCUT2D eigenvalue weighted by molar-refractivity contribution is 6.04. The Morgan fingerprint density at radius 1 is 0.970 bits per heavy atom. The Morgan fingerprint density at radius 3 is 2.61 bits per heavy atom. The maximum atomic E-state index is 12.5. The number of nitrogens with one attached hydrogen (secondary N) is 2. The fraction of sp³-hybridized carbons (Fsp3) is 0.179. The molecular formula is C28H27N3O2. The second-order valence-corrected chi connectivity index (χ2v) is 8.29. The van der Waals surface area contributed by atoms with Gasteiger partial charge >= 0.3 is 0 Å². The molecule has 1 amide bonds. The van der Waals surface area contributed by atoms with Crippen LogP contribution in [0.3, 0.4) is 0 Å². The molecular weight excluding hydrogens is 410 g/mol. The molecule has 2 heterocycles. The lowest BCUT2D eigenvalue weighted by Crippen LogP contribution is -2.42. The Morgan fingerprint density at radius 2 is 1.76 bits per heavy atom. The summed E-state index contributed by atoms with van der Waals surface area (Å²) in [5.74, 6) is 0.563. The Hall–Kier alpha value is -3.67. The average Bonchev–Trinajstić information content (AvgIpc) is 3.28. The number of rotatable bonds is 6. The van der Waals surface area contributed by atoms with Crippen LogP contribution in [0.25, 0.3) is 28.4 Å². The molecule has 0 spiro atoms. The fourth-order valence-electron chi connectivity index (χ4n) is 4.15. The molecule has 2 N–H and O–H groups in total. The zero-order valence-corrected chi connectivity index (χ0v) is 18.5. The molecule has 3 aromatic carbocycles. The Kier molecular flexibility index (Phi) is 6.33. The quantitative estimate of drug-likeness (QED) is 0.409. The molecule has 166 valence electrons. The van der Waals surface area contributed by atoms with E-state index in [1.807, 2.05) is 60.7 Å². The summed E-state index contributed by atoms with van der Waals surface area (Å²) in [7, 11) is 0. The summed E-state index contributed by atoms with van der Waals surface area (Å²) in [5.41, 5.74) is 4.68. The summed E-state index contributed by atoms with van der Waals surface area (Å²) in [6, 6.07) is 26.0. The van der Waals surface area contributed by atoms with Gasteiger partial charge in [-0.25, -0.2) is 0 Å². The van der Waals surface area contributed by atoms with E-state index in [1.165, 1.54) is 5.56 Å². The predicted molar refractivity (Wildman–Crippen MR) is 134 cm³/mol. The topological polar surface area (TPSA) is 57.5 Å². The molecule has 4 aromatic rings. The van der Waals surface area contributed by atoms with Crippen molar-refractivity contribution in [2.24, 2.45) is 0 Å². The van der Waals surface area contributed by atoms with Gasteiger partial charge in [0, 0.05) is 49.7 Å². The first kappa shape index (κ1) is 21.2. The summed E-state index contributed by atoms with van der Waals surface area (Å²) in [6.07, 6.45) is 3.35. The smallest absolute Gasteiger partial charge is 0.248 e. The van der Waals surface area contributed by atoms with Crippen LogP contribution in [0.15, 0.2) is 89.4 Å². The second kappa shape index (κ2) is 9.86. The van der Waals surface area contributed by atoms with Gasteiger partial charge in [0.25, 0.3) is 0 Å². The van der Waals surface area contributed by atoms with E-state index >= 15 is 0 Å². The molecule has 0 saturated carbocycles. The number of para-hydroxylation sites is 1. The molecule has 0 aliphatic carbocycles. The van der Waals surface area contributed by atoms with Gasteiger partial charge < -0.3 is 15.1 Å². The lowest BCUT2D eigenvalue weighted by molar-refractivity contribution is -0.111. The lowest BCUT2D eigenvalue weighted by Gasteiger charge is -2.27. The minimum absolute atomic E-state index is 0.180. The van der Waals surface area contributed by atoms with Crippen LogP contribution in [-0.4, -0.2) is 37.0 Å². The van der Waals surface area contributed by atoms with Crippen molar-refractivity contribution >= 4 is 28.6 Å². The summed E-state index contributed by atoms with van der Waals surface area (Å²) in [4.78, 5) is 15.0. The maximum Gasteiger partial charge on any atom is 0.248 e. The molecule has 33 heavy (non-hydrogen) atoms. The van der Waals surface area contributed by atoms with E-state index in [0.717, 1.165) is 66.3 Å². The van der Waals surface area contributed by atoms with E-state index in [-0.39, 0.29) is 5.91 Å². The van der Waals surface area contributed by atoms with Crippen molar-refractivity contribution in [1.29, 1.82) is 0 Å². The van der Waals surface area contributed by atoms with Gasteiger partial charge in [0.2, 0.25) is 5.91 Å². The van der Waals surface area contributed by atoms with Gasteiger partial charge in [0.1, 0.15) is 11.3 Å². The molecule has 1 aromatic heterocycles. The third-order valence-electron chi connectivity index (χ3n) is 5.88. The molecule has 0 radical (unpaired) electrons. The maximum absolute atomic E-state index is 12.5. The lowest BCUT2D eigenvalue weighted by atomic mass is 10.1. The van der Waals surface area contributed by atoms with Gasteiger partial charge in [0.05, 0.1) is 5.69 Å². The van der Waals surface area contributed by atoms with Gasteiger partial charge in [0.15, 0.2) is 0 Å². The van der Waals surface area contributed by atoms with Crippen molar-refractivity contribution in [1.82, 2.24) is 10.2 Å². The zero-order valence-electron chi connectivity index (χ0n) is 18.5. The van der Waals surface area contributed by atoms with Crippen LogP contribution in [0.5, 0.6) is 0 Å². The number of fused-ring (bicyclic) bond motifs is 1. The van der Waals surface area contributed by atoms with Crippen LogP contribution in [-0.2, 0) is 11.3 Å². The SMILES string of the molecule is O=C(C=Cc1ccccc1)Nc1ccccc1-c1cc2ccc(CN3CCNCC3)cc2o1. The molecule has 1 aliphatic rings. The van der Waals surface area contributed by atoms with Gasteiger partial charge in [-0.1, -0.05) is 54.6 Å². The van der Waals surface area contributed by atoms with Crippen LogP contribution in [0, 0.1) is 0 Å². The van der Waals surface area contributed by atoms with Crippen LogP contribution in [0.2, 0.25) is 0 Å². The number of carbonyl (C=O) groups excluding carboxylic acids is 1. The van der Waals surface area contributed by atoms with Crippen molar-refractivity contribution < 1.29 is 9.21 Å². The van der Waals surface area contributed by atoms with Gasteiger partial charge in [-0.2, -0.15) is 0 Å². The van der Waals surface area contributed by atoms with Gasteiger partial charge in [-0.3, -0.25) is 9.69 Å². The number of carbonyl (C=O) groups is 1. The largest absolute Gasteiger partial charge is 0.456 e. The van der Waals surface area contributed by atoms with Crippen molar-refractivity contribution in [3.05, 3.63) is 96.1 Å². The molecule has 1 aliphatic heterocycles. The summed E-state index contributed by atoms with van der Waals surface area (Å²) in [5, 5.41) is 7.44. The van der Waals surface area contributed by atoms with Crippen LogP contribution >= 0.6 is 0 Å². The normalized spacial score (nSPS) is 14.7. The number of amides is 1. The van der Waals surface area contributed by atoms with Crippen LogP contribution in [0.4, 0.5) is 5.69 Å². The fourth-order valence-corrected chi connectivity index (χ4v) is 4.15. The Labute approximate surface area is 193 Å². The van der Waals surface area contributed by atoms with E-state index < -0.39 is 0 Å². The summed E-state index contributed by atoms with van der Waals surface area (Å²) in [6.45, 7) is 5.13. The molecule has 5 heteroatoms. The molecule has 5 rings (SSSR count). The first-order valence-electron chi connectivity index (χ1n) is 11.3. The summed E-state index contributed by atoms with van der Waals surface area (Å²) >= 11 is 0. The first-order valence-corrected chi connectivity index (χ1v) is 11.3. The van der Waals surface area contributed by atoms with E-state index in [4.69, 9.17) is 4.42 Å². The van der Waals surface area contributed by atoms with Crippen LogP contribution < -0.4 is 10.6 Å². The monoisotopic (exact) mass is 437 g/mol. The summed E-state index contributed by atoms with van der Waals surface area (Å²) < 4.78 is 6.24. The molecule has 0 bridgehead atoms. The number of nitrogens with zero attached hydrogens (tertiary/aromatic N) is 1. The third kappa shape index (κ3) is 5.22. The number of furan rings is 1. The Bertz CT molecular complexity index is 1270. The predicted octanol–water partition coefficient (Wildman–Crippen LogP) is 5.16. The van der Waals surface area contributed by atoms with E-state index in [9.17, 15) is 4.79 Å². The highest BCUT2D eigenvalue weighted by Crippen LogP contribution is 2.33. The second-order valence-electron chi connectivity index (χ2n) is 8.29. The molecule has 0 unspecified atom stereocenters. The molecule has 0 atom stereocenters. The number of piperazine rings is 1. The van der Waals surface area contributed by atoms with Crippen LogP contribution in [0.1, 0.15) is 11.1 Å². The standard InChI is InChI=1S/C28H27N3O2/c32-28(13-11-21-6-2-1-3-7-21)30-25-9-5-4-8-24(25)27-19-23-12-10-22(18-26(23)33-27)20-31-16-14-29-15-17-31/h1-13,18-19,29H,14-17,20H2,(H,30,32). The zero-order chi connectivity index (χ0) is 22.5. The highest BCUT2D eigenvalue weighted by Gasteiger charge is 2.14. The number of hydrogen-bond donors (Lipinski definition) is 2. The van der Waals surface area contributed by atoms with Crippen molar-refractivity contribution in [2.75, 3.05) is 31.5 Å².